The second-order valence-corrected chi connectivity index (χ2v) is 5.23. The van der Waals surface area contributed by atoms with Crippen LogP contribution in [0, 0.1) is 17.3 Å². The average molecular weight is 242 g/mol. The number of hydrogen-bond acceptors (Lipinski definition) is 2. The lowest BCUT2D eigenvalue weighted by Crippen LogP contribution is -2.14. The van der Waals surface area contributed by atoms with Crippen molar-refractivity contribution in [2.45, 2.75) is 33.6 Å². The number of benzene rings is 1. The first kappa shape index (κ1) is 14.2. The fraction of sp³-hybridized carbons (Fsp3) is 0.375. The van der Waals surface area contributed by atoms with E-state index in [-0.39, 0.29) is 11.2 Å². The number of rotatable bonds is 4. The highest BCUT2D eigenvalue weighted by Gasteiger charge is 2.18. The maximum absolute atomic E-state index is 11.1. The van der Waals surface area contributed by atoms with Crippen molar-refractivity contribution in [1.82, 2.24) is 0 Å². The molecule has 0 atom stereocenters. The molecule has 0 aromatic heterocycles. The van der Waals surface area contributed by atoms with Crippen LogP contribution in [0.2, 0.25) is 0 Å². The Labute approximate surface area is 108 Å². The number of hydrogen-bond donors (Lipinski definition) is 0. The summed E-state index contributed by atoms with van der Waals surface area (Å²) < 4.78 is 0. The van der Waals surface area contributed by atoms with Gasteiger partial charge in [-0.05, 0) is 18.4 Å². The van der Waals surface area contributed by atoms with Gasteiger partial charge in [0.1, 0.15) is 5.78 Å². The highest BCUT2D eigenvalue weighted by Crippen LogP contribution is 2.24. The molecule has 0 heterocycles. The summed E-state index contributed by atoms with van der Waals surface area (Å²) in [5.41, 5.74) is 1.23. The lowest BCUT2D eigenvalue weighted by molar-refractivity contribution is -0.118. The van der Waals surface area contributed by atoms with Crippen molar-refractivity contribution in [2.24, 2.45) is 5.41 Å². The van der Waals surface area contributed by atoms with Gasteiger partial charge in [0, 0.05) is 24.0 Å². The quantitative estimate of drug-likeness (QED) is 0.600. The van der Waals surface area contributed by atoms with Crippen molar-refractivity contribution in [3.05, 3.63) is 35.4 Å². The van der Waals surface area contributed by atoms with Gasteiger partial charge in [0.05, 0.1) is 0 Å². The molecule has 0 amide bonds. The zero-order valence-corrected chi connectivity index (χ0v) is 11.1. The predicted octanol–water partition coefficient (Wildman–Crippen LogP) is 3.25. The second-order valence-electron chi connectivity index (χ2n) is 5.23. The van der Waals surface area contributed by atoms with Gasteiger partial charge in [-0.15, -0.1) is 0 Å². The first-order valence-electron chi connectivity index (χ1n) is 5.97. The van der Waals surface area contributed by atoms with Crippen LogP contribution in [0.15, 0.2) is 24.3 Å². The molecule has 18 heavy (non-hydrogen) atoms. The highest BCUT2D eigenvalue weighted by molar-refractivity contribution is 5.79. The molecule has 0 saturated carbocycles. The van der Waals surface area contributed by atoms with Gasteiger partial charge in [-0.3, -0.25) is 4.79 Å². The van der Waals surface area contributed by atoms with Crippen LogP contribution in [0.5, 0.6) is 0 Å². The van der Waals surface area contributed by atoms with Gasteiger partial charge in [0.2, 0.25) is 0 Å². The van der Waals surface area contributed by atoms with E-state index in [0.717, 1.165) is 11.8 Å². The molecular formula is C16H18O2. The number of ketones is 1. The molecule has 1 aromatic carbocycles. The zero-order valence-electron chi connectivity index (χ0n) is 11.1. The summed E-state index contributed by atoms with van der Waals surface area (Å²) in [4.78, 5) is 21.9. The fourth-order valence-corrected chi connectivity index (χ4v) is 1.83. The van der Waals surface area contributed by atoms with Crippen LogP contribution in [0.25, 0.3) is 0 Å². The first-order valence-corrected chi connectivity index (χ1v) is 5.97. The van der Waals surface area contributed by atoms with Crippen LogP contribution in [0.4, 0.5) is 0 Å². The minimum Gasteiger partial charge on any atom is -0.300 e. The monoisotopic (exact) mass is 242 g/mol. The summed E-state index contributed by atoms with van der Waals surface area (Å²) in [6.45, 7) is 5.64. The Morgan fingerprint density at radius 3 is 2.61 bits per heavy atom. The van der Waals surface area contributed by atoms with E-state index in [2.05, 4.69) is 11.8 Å². The van der Waals surface area contributed by atoms with Crippen LogP contribution >= 0.6 is 0 Å². The Morgan fingerprint density at radius 2 is 2.00 bits per heavy atom. The molecule has 2 heteroatoms. The smallest absolute Gasteiger partial charge is 0.151 e. The SMILES string of the molecule is CC(=O)CC(C)(C)CC#Cc1ccccc1C=O. The predicted molar refractivity (Wildman–Crippen MR) is 72.4 cm³/mol. The van der Waals surface area contributed by atoms with Crippen molar-refractivity contribution in [3.63, 3.8) is 0 Å². The molecule has 1 aromatic rings. The third-order valence-corrected chi connectivity index (χ3v) is 2.61. The van der Waals surface area contributed by atoms with Crippen molar-refractivity contribution in [1.29, 1.82) is 0 Å². The summed E-state index contributed by atoms with van der Waals surface area (Å²) in [5, 5.41) is 0. The molecule has 0 N–H and O–H groups in total. The van der Waals surface area contributed by atoms with Gasteiger partial charge in [0.25, 0.3) is 0 Å². The number of carbonyl (C=O) groups excluding carboxylic acids is 2. The molecule has 1 rings (SSSR count). The third kappa shape index (κ3) is 4.55. The molecule has 0 spiro atoms. The van der Waals surface area contributed by atoms with Crippen LogP contribution in [0.3, 0.4) is 0 Å². The van der Waals surface area contributed by atoms with Crippen molar-refractivity contribution >= 4 is 12.1 Å². The van der Waals surface area contributed by atoms with Gasteiger partial charge in [-0.1, -0.05) is 43.9 Å². The minimum atomic E-state index is -0.116. The summed E-state index contributed by atoms with van der Waals surface area (Å²) in [6, 6.07) is 7.25. The summed E-state index contributed by atoms with van der Waals surface area (Å²) in [7, 11) is 0. The van der Waals surface area contributed by atoms with Crippen molar-refractivity contribution in [2.75, 3.05) is 0 Å². The van der Waals surface area contributed by atoms with E-state index in [1.54, 1.807) is 13.0 Å². The van der Waals surface area contributed by atoms with E-state index in [1.165, 1.54) is 0 Å². The number of carbonyl (C=O) groups is 2. The first-order chi connectivity index (χ1) is 8.44. The second kappa shape index (κ2) is 6.16. The van der Waals surface area contributed by atoms with E-state index in [0.29, 0.717) is 18.4 Å². The topological polar surface area (TPSA) is 34.1 Å². The van der Waals surface area contributed by atoms with Crippen LogP contribution < -0.4 is 0 Å². The maximum atomic E-state index is 11.1. The van der Waals surface area contributed by atoms with Gasteiger partial charge >= 0.3 is 0 Å². The van der Waals surface area contributed by atoms with Crippen molar-refractivity contribution in [3.8, 4) is 11.8 Å². The van der Waals surface area contributed by atoms with Gasteiger partial charge in [0.15, 0.2) is 6.29 Å². The standard InChI is InChI=1S/C16H18O2/c1-13(18)11-16(2,3)10-6-9-14-7-4-5-8-15(14)12-17/h4-5,7-8,12H,10-11H2,1-3H3. The fourth-order valence-electron chi connectivity index (χ4n) is 1.83. The summed E-state index contributed by atoms with van der Waals surface area (Å²) >= 11 is 0. The minimum absolute atomic E-state index is 0.116. The van der Waals surface area contributed by atoms with E-state index in [4.69, 9.17) is 0 Å². The molecule has 0 unspecified atom stereocenters. The molecule has 0 aliphatic heterocycles. The molecule has 2 nitrogen and oxygen atoms in total. The van der Waals surface area contributed by atoms with Crippen LogP contribution in [-0.4, -0.2) is 12.1 Å². The normalized spacial score (nSPS) is 10.4. The van der Waals surface area contributed by atoms with Gasteiger partial charge < -0.3 is 4.79 Å². The van der Waals surface area contributed by atoms with E-state index in [9.17, 15) is 9.59 Å². The van der Waals surface area contributed by atoms with Gasteiger partial charge in [-0.2, -0.15) is 0 Å². The molecule has 94 valence electrons. The summed E-state index contributed by atoms with van der Waals surface area (Å²) in [5.74, 6) is 6.24. The summed E-state index contributed by atoms with van der Waals surface area (Å²) in [6.07, 6.45) is 1.97. The molecule has 0 bridgehead atoms. The molecular weight excluding hydrogens is 224 g/mol. The highest BCUT2D eigenvalue weighted by atomic mass is 16.1. The van der Waals surface area contributed by atoms with E-state index < -0.39 is 0 Å². The number of aldehydes is 1. The Morgan fingerprint density at radius 1 is 1.33 bits per heavy atom. The number of Topliss-reactive ketones (excluding diaryl/α,β-unsaturated/α-hetero) is 1. The zero-order chi connectivity index (χ0) is 13.6. The van der Waals surface area contributed by atoms with Gasteiger partial charge in [-0.25, -0.2) is 0 Å². The Bertz CT molecular complexity index is 501. The Balaban J connectivity index is 2.77. The van der Waals surface area contributed by atoms with Crippen molar-refractivity contribution < 1.29 is 9.59 Å². The van der Waals surface area contributed by atoms with E-state index >= 15 is 0 Å². The lowest BCUT2D eigenvalue weighted by Gasteiger charge is -2.19. The molecule has 0 radical (unpaired) electrons. The molecule has 0 aliphatic rings. The van der Waals surface area contributed by atoms with Crippen LogP contribution in [-0.2, 0) is 4.79 Å². The largest absolute Gasteiger partial charge is 0.300 e. The average Bonchev–Trinajstić information content (AvgIpc) is 2.27. The lowest BCUT2D eigenvalue weighted by atomic mass is 9.84. The third-order valence-electron chi connectivity index (χ3n) is 2.61. The molecule has 0 aliphatic carbocycles. The Hall–Kier alpha value is -1.88. The molecule has 0 fully saturated rings. The van der Waals surface area contributed by atoms with E-state index in [1.807, 2.05) is 32.0 Å². The maximum Gasteiger partial charge on any atom is 0.151 e. The Kier molecular flexibility index (Phi) is 4.85. The molecule has 0 saturated heterocycles. The van der Waals surface area contributed by atoms with Crippen LogP contribution in [0.1, 0.15) is 49.5 Å².